The quantitative estimate of drug-likeness (QED) is 0.660. The van der Waals surface area contributed by atoms with Gasteiger partial charge >= 0.3 is 6.03 Å². The molecule has 1 N–H and O–H groups in total. The number of nitrogens with zero attached hydrogens (tertiary/aromatic N) is 1. The number of urea groups is 1. The molecule has 68 valence electrons. The summed E-state index contributed by atoms with van der Waals surface area (Å²) in [7, 11) is 0. The van der Waals surface area contributed by atoms with Crippen molar-refractivity contribution in [1.29, 1.82) is 0 Å². The lowest BCUT2D eigenvalue weighted by Crippen LogP contribution is -2.37. The fourth-order valence-corrected chi connectivity index (χ4v) is 2.00. The lowest BCUT2D eigenvalue weighted by Gasteiger charge is -2.30. The van der Waals surface area contributed by atoms with Gasteiger partial charge in [0.25, 0.3) is 0 Å². The summed E-state index contributed by atoms with van der Waals surface area (Å²) in [4.78, 5) is 13.2. The minimum absolute atomic E-state index is 0.134. The summed E-state index contributed by atoms with van der Waals surface area (Å²) in [6.45, 7) is 3.80. The van der Waals surface area contributed by atoms with Gasteiger partial charge < -0.3 is 10.2 Å². The van der Waals surface area contributed by atoms with Gasteiger partial charge in [0.05, 0.1) is 6.04 Å². The van der Waals surface area contributed by atoms with E-state index in [2.05, 4.69) is 5.32 Å². The number of rotatable bonds is 2. The van der Waals surface area contributed by atoms with E-state index >= 15 is 0 Å². The van der Waals surface area contributed by atoms with Gasteiger partial charge in [0.1, 0.15) is 0 Å². The van der Waals surface area contributed by atoms with Crippen LogP contribution in [0.15, 0.2) is 0 Å². The number of likely N-dealkylation sites (N-methyl/N-ethyl adjacent to an activating group) is 1. The fourth-order valence-electron chi connectivity index (χ4n) is 2.00. The average Bonchev–Trinajstić information content (AvgIpc) is 2.27. The van der Waals surface area contributed by atoms with Crippen LogP contribution in [0.5, 0.6) is 0 Å². The van der Waals surface area contributed by atoms with Gasteiger partial charge in [-0.1, -0.05) is 6.42 Å². The second kappa shape index (κ2) is 2.96. The van der Waals surface area contributed by atoms with E-state index in [0.717, 1.165) is 19.0 Å². The van der Waals surface area contributed by atoms with Crippen LogP contribution in [0.25, 0.3) is 0 Å². The molecule has 2 amide bonds. The third-order valence-electron chi connectivity index (χ3n) is 3.11. The van der Waals surface area contributed by atoms with E-state index in [1.54, 1.807) is 0 Å². The summed E-state index contributed by atoms with van der Waals surface area (Å²) in [6.07, 6.45) is 3.97. The topological polar surface area (TPSA) is 32.3 Å². The first kappa shape index (κ1) is 7.90. The minimum Gasteiger partial charge on any atom is -0.333 e. The van der Waals surface area contributed by atoms with Crippen LogP contribution in [-0.4, -0.2) is 30.1 Å². The highest BCUT2D eigenvalue weighted by Crippen LogP contribution is 2.31. The molecule has 1 saturated heterocycles. The van der Waals surface area contributed by atoms with E-state index in [9.17, 15) is 4.79 Å². The van der Waals surface area contributed by atoms with Crippen molar-refractivity contribution in [2.24, 2.45) is 5.92 Å². The summed E-state index contributed by atoms with van der Waals surface area (Å²) in [5, 5.41) is 3.04. The Morgan fingerprint density at radius 2 is 2.33 bits per heavy atom. The van der Waals surface area contributed by atoms with Crippen molar-refractivity contribution in [3.05, 3.63) is 0 Å². The first-order chi connectivity index (χ1) is 5.81. The highest BCUT2D eigenvalue weighted by Gasteiger charge is 2.35. The van der Waals surface area contributed by atoms with Gasteiger partial charge in [0.15, 0.2) is 0 Å². The van der Waals surface area contributed by atoms with E-state index in [1.165, 1.54) is 19.3 Å². The zero-order valence-electron chi connectivity index (χ0n) is 7.55. The molecule has 1 heterocycles. The van der Waals surface area contributed by atoms with Crippen LogP contribution in [0, 0.1) is 5.92 Å². The molecule has 3 heteroatoms. The van der Waals surface area contributed by atoms with E-state index in [4.69, 9.17) is 0 Å². The highest BCUT2D eigenvalue weighted by atomic mass is 16.2. The van der Waals surface area contributed by atoms with Gasteiger partial charge in [-0.2, -0.15) is 0 Å². The lowest BCUT2D eigenvalue weighted by atomic mass is 9.80. The molecule has 2 rings (SSSR count). The molecule has 0 radical (unpaired) electrons. The summed E-state index contributed by atoms with van der Waals surface area (Å²) < 4.78 is 0. The zero-order chi connectivity index (χ0) is 8.55. The van der Waals surface area contributed by atoms with Gasteiger partial charge in [-0.05, 0) is 25.7 Å². The molecule has 0 aromatic carbocycles. The first-order valence-electron chi connectivity index (χ1n) is 4.86. The number of hydrogen-bond donors (Lipinski definition) is 1. The SMILES string of the molecule is CCN1CC(C2CCC2)NC1=O. The molecular formula is C9H16N2O. The average molecular weight is 168 g/mol. The molecule has 0 bridgehead atoms. The Kier molecular flexibility index (Phi) is 1.95. The number of hydrogen-bond acceptors (Lipinski definition) is 1. The second-order valence-electron chi connectivity index (χ2n) is 3.79. The fraction of sp³-hybridized carbons (Fsp3) is 0.889. The normalized spacial score (nSPS) is 30.2. The molecule has 1 atom stereocenters. The van der Waals surface area contributed by atoms with Crippen LogP contribution >= 0.6 is 0 Å². The van der Waals surface area contributed by atoms with Crippen LogP contribution < -0.4 is 5.32 Å². The number of carbonyl (C=O) groups excluding carboxylic acids is 1. The lowest BCUT2D eigenvalue weighted by molar-refractivity contribution is 0.219. The van der Waals surface area contributed by atoms with Crippen LogP contribution in [-0.2, 0) is 0 Å². The van der Waals surface area contributed by atoms with E-state index in [0.29, 0.717) is 6.04 Å². The summed E-state index contributed by atoms with van der Waals surface area (Å²) in [6, 6.07) is 0.584. The Labute approximate surface area is 73.1 Å². The third-order valence-corrected chi connectivity index (χ3v) is 3.11. The second-order valence-corrected chi connectivity index (χ2v) is 3.79. The maximum absolute atomic E-state index is 11.3. The van der Waals surface area contributed by atoms with Gasteiger partial charge in [0.2, 0.25) is 0 Å². The van der Waals surface area contributed by atoms with Crippen molar-refractivity contribution < 1.29 is 4.79 Å². The van der Waals surface area contributed by atoms with E-state index < -0.39 is 0 Å². The molecule has 0 aromatic heterocycles. The maximum Gasteiger partial charge on any atom is 0.317 e. The Bertz CT molecular complexity index is 189. The maximum atomic E-state index is 11.3. The molecule has 0 aromatic rings. The van der Waals surface area contributed by atoms with Crippen molar-refractivity contribution in [2.45, 2.75) is 32.2 Å². The zero-order valence-corrected chi connectivity index (χ0v) is 7.55. The van der Waals surface area contributed by atoms with Crippen LogP contribution in [0.1, 0.15) is 26.2 Å². The molecule has 1 aliphatic carbocycles. The molecule has 1 saturated carbocycles. The molecule has 0 spiro atoms. The van der Waals surface area contributed by atoms with E-state index in [1.807, 2.05) is 11.8 Å². The number of carbonyl (C=O) groups is 1. The predicted molar refractivity (Wildman–Crippen MR) is 46.9 cm³/mol. The Balaban J connectivity index is 1.91. The predicted octanol–water partition coefficient (Wildman–Crippen LogP) is 1.20. The highest BCUT2D eigenvalue weighted by molar-refractivity contribution is 5.76. The molecule has 1 unspecified atom stereocenters. The standard InChI is InChI=1S/C9H16N2O/c1-2-11-6-8(10-9(11)12)7-4-3-5-7/h7-8H,2-6H2,1H3,(H,10,12). The molecule has 2 aliphatic rings. The monoisotopic (exact) mass is 168 g/mol. The van der Waals surface area contributed by atoms with Gasteiger partial charge in [-0.15, -0.1) is 0 Å². The van der Waals surface area contributed by atoms with Crippen molar-refractivity contribution in [3.8, 4) is 0 Å². The smallest absolute Gasteiger partial charge is 0.317 e. The third kappa shape index (κ3) is 1.17. The van der Waals surface area contributed by atoms with Crippen LogP contribution in [0.2, 0.25) is 0 Å². The molecule has 12 heavy (non-hydrogen) atoms. The summed E-state index contributed by atoms with van der Waals surface area (Å²) >= 11 is 0. The van der Waals surface area contributed by atoms with Crippen molar-refractivity contribution in [3.63, 3.8) is 0 Å². The molecule has 3 nitrogen and oxygen atoms in total. The van der Waals surface area contributed by atoms with Crippen molar-refractivity contribution in [1.82, 2.24) is 10.2 Å². The number of amides is 2. The van der Waals surface area contributed by atoms with E-state index in [-0.39, 0.29) is 6.03 Å². The van der Waals surface area contributed by atoms with Gasteiger partial charge in [-0.3, -0.25) is 0 Å². The summed E-state index contributed by atoms with van der Waals surface area (Å²) in [5.41, 5.74) is 0. The number of nitrogens with one attached hydrogen (secondary N) is 1. The molecule has 2 fully saturated rings. The Morgan fingerprint density at radius 1 is 1.58 bits per heavy atom. The Hall–Kier alpha value is -0.730. The molecular weight excluding hydrogens is 152 g/mol. The van der Waals surface area contributed by atoms with Crippen LogP contribution in [0.3, 0.4) is 0 Å². The molecule has 1 aliphatic heterocycles. The van der Waals surface area contributed by atoms with Gasteiger partial charge in [0, 0.05) is 13.1 Å². The first-order valence-corrected chi connectivity index (χ1v) is 4.86. The minimum atomic E-state index is 0.134. The van der Waals surface area contributed by atoms with Crippen LogP contribution in [0.4, 0.5) is 4.79 Å². The van der Waals surface area contributed by atoms with Gasteiger partial charge in [-0.25, -0.2) is 4.79 Å². The largest absolute Gasteiger partial charge is 0.333 e. The van der Waals surface area contributed by atoms with Crippen molar-refractivity contribution >= 4 is 6.03 Å². The van der Waals surface area contributed by atoms with Crippen molar-refractivity contribution in [2.75, 3.05) is 13.1 Å². The Morgan fingerprint density at radius 3 is 2.75 bits per heavy atom. The summed E-state index contributed by atoms with van der Waals surface area (Å²) in [5.74, 6) is 0.769.